The Kier molecular flexibility index (Phi) is 6.37. The zero-order chi connectivity index (χ0) is 33.5. The SMILES string of the molecule is c1ccc(B2c3ccccc3B3c4ccccc4N(c4ccncc4)c4c5c(cc2c43)N(c2cccc3ccccc23)c2ccccc2S5)cc1. The zero-order valence-electron chi connectivity index (χ0n) is 27.6. The van der Waals surface area contributed by atoms with E-state index in [0.717, 1.165) is 5.69 Å². The molecule has 0 bridgehead atoms. The van der Waals surface area contributed by atoms with Crippen molar-refractivity contribution in [2.45, 2.75) is 9.79 Å². The third-order valence-corrected chi connectivity index (χ3v) is 12.0. The molecule has 0 atom stereocenters. The lowest BCUT2D eigenvalue weighted by atomic mass is 9.20. The number of aromatic nitrogens is 1. The van der Waals surface area contributed by atoms with Gasteiger partial charge in [0.1, 0.15) is 0 Å². The first kappa shape index (κ1) is 28.8. The van der Waals surface area contributed by atoms with Gasteiger partial charge >= 0.3 is 0 Å². The Morgan fingerprint density at radius 1 is 0.471 bits per heavy atom. The number of pyridine rings is 1. The van der Waals surface area contributed by atoms with E-state index in [1.54, 1.807) is 0 Å². The molecule has 0 aliphatic carbocycles. The van der Waals surface area contributed by atoms with Crippen LogP contribution in [0.5, 0.6) is 0 Å². The van der Waals surface area contributed by atoms with E-state index in [1.807, 2.05) is 24.2 Å². The van der Waals surface area contributed by atoms with Crippen molar-refractivity contribution in [3.63, 3.8) is 0 Å². The van der Waals surface area contributed by atoms with E-state index < -0.39 is 0 Å². The molecule has 8 aromatic rings. The molecule has 0 saturated carbocycles. The average molecular weight is 665 g/mol. The van der Waals surface area contributed by atoms with Crippen LogP contribution < -0.4 is 42.6 Å². The molecular formula is C45H29B2N3S. The number of hydrogen-bond acceptors (Lipinski definition) is 4. The van der Waals surface area contributed by atoms with Gasteiger partial charge in [0, 0.05) is 34.1 Å². The van der Waals surface area contributed by atoms with Gasteiger partial charge in [-0.3, -0.25) is 4.98 Å². The first-order valence-electron chi connectivity index (χ1n) is 17.5. The predicted octanol–water partition coefficient (Wildman–Crippen LogP) is 7.30. The fourth-order valence-electron chi connectivity index (χ4n) is 8.84. The Hall–Kier alpha value is -5.97. The van der Waals surface area contributed by atoms with Crippen LogP contribution in [0.1, 0.15) is 0 Å². The molecule has 1 aromatic heterocycles. The summed E-state index contributed by atoms with van der Waals surface area (Å²) in [5.74, 6) is 0. The standard InChI is InChI=1S/C45H29B2N3S/c1-2-15-31(16-3-1)46-34-18-6-7-19-35(34)47-36-20-8-9-21-39(36)49(32-25-27-48-28-26-32)44-43(47)37(46)29-41-45(44)51-42-24-11-10-22-40(42)50(41)38-23-12-14-30-13-4-5-17-33(30)38/h1-29H. The molecule has 236 valence electrons. The Balaban J connectivity index is 1.32. The highest BCUT2D eigenvalue weighted by Gasteiger charge is 2.47. The van der Waals surface area contributed by atoms with Crippen molar-refractivity contribution in [1.29, 1.82) is 0 Å². The van der Waals surface area contributed by atoms with Gasteiger partial charge in [0.15, 0.2) is 0 Å². The molecule has 6 heteroatoms. The van der Waals surface area contributed by atoms with Gasteiger partial charge in [-0.2, -0.15) is 0 Å². The molecule has 0 fully saturated rings. The van der Waals surface area contributed by atoms with Crippen LogP contribution in [0, 0.1) is 0 Å². The van der Waals surface area contributed by atoms with Crippen LogP contribution in [0.15, 0.2) is 186 Å². The van der Waals surface area contributed by atoms with E-state index >= 15 is 0 Å². The number of para-hydroxylation sites is 2. The molecule has 11 rings (SSSR count). The van der Waals surface area contributed by atoms with Crippen LogP contribution in [0.2, 0.25) is 0 Å². The zero-order valence-corrected chi connectivity index (χ0v) is 28.5. The van der Waals surface area contributed by atoms with Gasteiger partial charge in [0.2, 0.25) is 13.4 Å². The maximum Gasteiger partial charge on any atom is 0.245 e. The van der Waals surface area contributed by atoms with Crippen molar-refractivity contribution in [3.8, 4) is 0 Å². The van der Waals surface area contributed by atoms with E-state index in [9.17, 15) is 0 Å². The molecule has 3 nitrogen and oxygen atoms in total. The average Bonchev–Trinajstić information content (AvgIpc) is 3.20. The summed E-state index contributed by atoms with van der Waals surface area (Å²) in [5, 5.41) is 2.47. The fourth-order valence-corrected chi connectivity index (χ4v) is 10.0. The van der Waals surface area contributed by atoms with E-state index in [2.05, 4.69) is 179 Å². The van der Waals surface area contributed by atoms with Crippen LogP contribution >= 0.6 is 11.8 Å². The first-order chi connectivity index (χ1) is 25.3. The highest BCUT2D eigenvalue weighted by atomic mass is 32.2. The summed E-state index contributed by atoms with van der Waals surface area (Å²) in [6.45, 7) is 0.160. The highest BCUT2D eigenvalue weighted by Crippen LogP contribution is 2.56. The van der Waals surface area contributed by atoms with Crippen LogP contribution in [0.4, 0.5) is 34.1 Å². The number of benzene rings is 7. The lowest BCUT2D eigenvalue weighted by Crippen LogP contribution is -2.76. The topological polar surface area (TPSA) is 19.4 Å². The molecule has 7 aromatic carbocycles. The molecule has 4 heterocycles. The molecule has 51 heavy (non-hydrogen) atoms. The molecule has 0 amide bonds. The summed E-state index contributed by atoms with van der Waals surface area (Å²) >= 11 is 1.90. The van der Waals surface area contributed by atoms with Crippen LogP contribution in [-0.4, -0.2) is 18.4 Å². The second kappa shape index (κ2) is 11.3. The summed E-state index contributed by atoms with van der Waals surface area (Å²) in [6.07, 6.45) is 3.83. The van der Waals surface area contributed by atoms with Crippen molar-refractivity contribution in [2.24, 2.45) is 0 Å². The summed E-state index contributed by atoms with van der Waals surface area (Å²) < 4.78 is 0. The van der Waals surface area contributed by atoms with Gasteiger partial charge in [-0.05, 0) is 58.8 Å². The largest absolute Gasteiger partial charge is 0.310 e. The Labute approximate surface area is 302 Å². The molecular weight excluding hydrogens is 636 g/mol. The second-order valence-electron chi connectivity index (χ2n) is 13.5. The number of hydrogen-bond donors (Lipinski definition) is 0. The molecule has 0 spiro atoms. The van der Waals surface area contributed by atoms with E-state index in [0.29, 0.717) is 0 Å². The van der Waals surface area contributed by atoms with Crippen molar-refractivity contribution in [1.82, 2.24) is 4.98 Å². The third kappa shape index (κ3) is 4.20. The molecule has 3 aliphatic rings. The Morgan fingerprint density at radius 3 is 1.96 bits per heavy atom. The maximum absolute atomic E-state index is 4.45. The quantitative estimate of drug-likeness (QED) is 0.185. The molecule has 0 N–H and O–H groups in total. The summed E-state index contributed by atoms with van der Waals surface area (Å²) in [7, 11) is 0. The summed E-state index contributed by atoms with van der Waals surface area (Å²) in [6, 6.07) is 60.5. The molecule has 0 unspecified atom stereocenters. The van der Waals surface area contributed by atoms with Crippen LogP contribution in [0.3, 0.4) is 0 Å². The van der Waals surface area contributed by atoms with Crippen molar-refractivity contribution in [3.05, 3.63) is 176 Å². The van der Waals surface area contributed by atoms with Crippen molar-refractivity contribution >= 4 is 103 Å². The lowest BCUT2D eigenvalue weighted by Gasteiger charge is -2.45. The van der Waals surface area contributed by atoms with E-state index in [4.69, 9.17) is 0 Å². The van der Waals surface area contributed by atoms with Gasteiger partial charge < -0.3 is 9.80 Å². The first-order valence-corrected chi connectivity index (χ1v) is 18.4. The third-order valence-electron chi connectivity index (χ3n) is 10.9. The predicted molar refractivity (Wildman–Crippen MR) is 217 cm³/mol. The number of anilines is 6. The van der Waals surface area contributed by atoms with Gasteiger partial charge in [0.25, 0.3) is 0 Å². The van der Waals surface area contributed by atoms with Gasteiger partial charge in [-0.1, -0.05) is 155 Å². The Morgan fingerprint density at radius 2 is 1.12 bits per heavy atom. The minimum absolute atomic E-state index is 0.0683. The monoisotopic (exact) mass is 665 g/mol. The minimum atomic E-state index is 0.0683. The maximum atomic E-state index is 4.45. The number of rotatable bonds is 3. The summed E-state index contributed by atoms with van der Waals surface area (Å²) in [4.78, 5) is 12.0. The van der Waals surface area contributed by atoms with Crippen LogP contribution in [0.25, 0.3) is 10.8 Å². The van der Waals surface area contributed by atoms with E-state index in [-0.39, 0.29) is 13.4 Å². The van der Waals surface area contributed by atoms with Crippen LogP contribution in [-0.2, 0) is 0 Å². The number of fused-ring (bicyclic) bond motifs is 8. The van der Waals surface area contributed by atoms with Crippen molar-refractivity contribution < 1.29 is 0 Å². The summed E-state index contributed by atoms with van der Waals surface area (Å²) in [5.41, 5.74) is 15.3. The molecule has 0 radical (unpaired) electrons. The number of nitrogens with zero attached hydrogens (tertiary/aromatic N) is 3. The Bertz CT molecular complexity index is 2650. The fraction of sp³-hybridized carbons (Fsp3) is 0. The van der Waals surface area contributed by atoms with Gasteiger partial charge in [0.05, 0.1) is 27.6 Å². The smallest absolute Gasteiger partial charge is 0.245 e. The van der Waals surface area contributed by atoms with Gasteiger partial charge in [-0.15, -0.1) is 0 Å². The van der Waals surface area contributed by atoms with E-state index in [1.165, 1.54) is 81.8 Å². The second-order valence-corrected chi connectivity index (χ2v) is 14.5. The minimum Gasteiger partial charge on any atom is -0.310 e. The van der Waals surface area contributed by atoms with Crippen molar-refractivity contribution in [2.75, 3.05) is 9.80 Å². The normalized spacial score (nSPS) is 13.6. The highest BCUT2D eigenvalue weighted by molar-refractivity contribution is 8.00. The molecule has 0 saturated heterocycles. The lowest BCUT2D eigenvalue weighted by molar-refractivity contribution is 1.15. The molecule has 3 aliphatic heterocycles. The van der Waals surface area contributed by atoms with Gasteiger partial charge in [-0.25, -0.2) is 0 Å².